The standard InChI is InChI=1S/C10H18N2O/c1-4-5-6-7-8-12-9(2)10(13)11-3/h1,9,12H,5-8H2,2-3H3,(H,11,13). The number of amides is 1. The van der Waals surface area contributed by atoms with E-state index >= 15 is 0 Å². The fourth-order valence-electron chi connectivity index (χ4n) is 0.980. The van der Waals surface area contributed by atoms with Crippen LogP contribution < -0.4 is 10.6 Å². The van der Waals surface area contributed by atoms with Crippen LogP contribution in [0.5, 0.6) is 0 Å². The lowest BCUT2D eigenvalue weighted by Crippen LogP contribution is -2.40. The fourth-order valence-corrected chi connectivity index (χ4v) is 0.980. The molecule has 0 aromatic heterocycles. The molecule has 0 saturated carbocycles. The Morgan fingerprint density at radius 2 is 2.23 bits per heavy atom. The summed E-state index contributed by atoms with van der Waals surface area (Å²) in [4.78, 5) is 11.0. The Bertz CT molecular complexity index is 184. The number of rotatable bonds is 6. The first-order chi connectivity index (χ1) is 6.22. The van der Waals surface area contributed by atoms with Gasteiger partial charge in [-0.15, -0.1) is 12.3 Å². The fraction of sp³-hybridized carbons (Fsp3) is 0.700. The molecule has 3 nitrogen and oxygen atoms in total. The third-order valence-corrected chi connectivity index (χ3v) is 1.84. The minimum atomic E-state index is -0.115. The minimum Gasteiger partial charge on any atom is -0.358 e. The van der Waals surface area contributed by atoms with Crippen LogP contribution in [0, 0.1) is 12.3 Å². The average Bonchev–Trinajstić information content (AvgIpc) is 2.16. The molecular formula is C10H18N2O. The molecular weight excluding hydrogens is 164 g/mol. The largest absolute Gasteiger partial charge is 0.358 e. The lowest BCUT2D eigenvalue weighted by atomic mass is 10.2. The summed E-state index contributed by atoms with van der Waals surface area (Å²) in [5.74, 6) is 2.61. The zero-order valence-electron chi connectivity index (χ0n) is 8.39. The van der Waals surface area contributed by atoms with Crippen LogP contribution in [0.15, 0.2) is 0 Å². The number of terminal acetylenes is 1. The molecule has 3 heteroatoms. The monoisotopic (exact) mass is 182 g/mol. The van der Waals surface area contributed by atoms with Crippen molar-refractivity contribution >= 4 is 5.91 Å². The second kappa shape index (κ2) is 7.63. The van der Waals surface area contributed by atoms with Gasteiger partial charge in [0.25, 0.3) is 0 Å². The smallest absolute Gasteiger partial charge is 0.236 e. The van der Waals surface area contributed by atoms with Gasteiger partial charge in [-0.05, 0) is 26.3 Å². The molecule has 0 fully saturated rings. The summed E-state index contributed by atoms with van der Waals surface area (Å²) in [6, 6.07) is -0.115. The van der Waals surface area contributed by atoms with Gasteiger partial charge in [-0.2, -0.15) is 0 Å². The summed E-state index contributed by atoms with van der Waals surface area (Å²) in [5.41, 5.74) is 0. The lowest BCUT2D eigenvalue weighted by molar-refractivity contribution is -0.122. The second-order valence-electron chi connectivity index (χ2n) is 2.95. The van der Waals surface area contributed by atoms with E-state index in [0.717, 1.165) is 25.8 Å². The van der Waals surface area contributed by atoms with Crippen LogP contribution >= 0.6 is 0 Å². The quantitative estimate of drug-likeness (QED) is 0.464. The van der Waals surface area contributed by atoms with Crippen molar-refractivity contribution in [2.45, 2.75) is 32.2 Å². The second-order valence-corrected chi connectivity index (χ2v) is 2.95. The van der Waals surface area contributed by atoms with Crippen LogP contribution in [0.25, 0.3) is 0 Å². The number of likely N-dealkylation sites (N-methyl/N-ethyl adjacent to an activating group) is 1. The molecule has 0 saturated heterocycles. The Morgan fingerprint density at radius 3 is 2.77 bits per heavy atom. The van der Waals surface area contributed by atoms with Gasteiger partial charge in [-0.25, -0.2) is 0 Å². The molecule has 1 amide bonds. The van der Waals surface area contributed by atoms with Crippen LogP contribution in [-0.4, -0.2) is 25.5 Å². The van der Waals surface area contributed by atoms with Crippen molar-refractivity contribution in [3.05, 3.63) is 0 Å². The normalized spacial score (nSPS) is 11.8. The molecule has 0 aliphatic heterocycles. The van der Waals surface area contributed by atoms with Gasteiger partial charge in [-0.1, -0.05) is 0 Å². The molecule has 0 aliphatic rings. The molecule has 74 valence electrons. The predicted octanol–water partition coefficient (Wildman–Crippen LogP) is 0.514. The predicted molar refractivity (Wildman–Crippen MR) is 54.2 cm³/mol. The third kappa shape index (κ3) is 6.18. The van der Waals surface area contributed by atoms with Gasteiger partial charge in [0.1, 0.15) is 0 Å². The molecule has 0 radical (unpaired) electrons. The third-order valence-electron chi connectivity index (χ3n) is 1.84. The first-order valence-corrected chi connectivity index (χ1v) is 4.60. The Morgan fingerprint density at radius 1 is 1.54 bits per heavy atom. The highest BCUT2D eigenvalue weighted by molar-refractivity contribution is 5.80. The van der Waals surface area contributed by atoms with Crippen molar-refractivity contribution < 1.29 is 4.79 Å². The van der Waals surface area contributed by atoms with E-state index in [1.807, 2.05) is 6.92 Å². The lowest BCUT2D eigenvalue weighted by Gasteiger charge is -2.11. The highest BCUT2D eigenvalue weighted by Crippen LogP contribution is 1.92. The van der Waals surface area contributed by atoms with Crippen molar-refractivity contribution in [1.82, 2.24) is 10.6 Å². The summed E-state index contributed by atoms with van der Waals surface area (Å²) in [6.45, 7) is 2.69. The first-order valence-electron chi connectivity index (χ1n) is 4.60. The van der Waals surface area contributed by atoms with Gasteiger partial charge in [-0.3, -0.25) is 4.79 Å². The molecule has 0 aromatic rings. The Balaban J connectivity index is 3.32. The maximum atomic E-state index is 11.0. The van der Waals surface area contributed by atoms with Crippen LogP contribution in [0.3, 0.4) is 0 Å². The summed E-state index contributed by atoms with van der Waals surface area (Å²) in [7, 11) is 1.64. The average molecular weight is 182 g/mol. The SMILES string of the molecule is C#CCCCCNC(C)C(=O)NC. The van der Waals surface area contributed by atoms with Crippen LogP contribution in [0.2, 0.25) is 0 Å². The van der Waals surface area contributed by atoms with Crippen molar-refractivity contribution in [3.63, 3.8) is 0 Å². The topological polar surface area (TPSA) is 41.1 Å². The van der Waals surface area contributed by atoms with E-state index in [0.29, 0.717) is 0 Å². The van der Waals surface area contributed by atoms with Crippen LogP contribution in [-0.2, 0) is 4.79 Å². The molecule has 1 atom stereocenters. The molecule has 0 aliphatic carbocycles. The Labute approximate surface area is 80.3 Å². The zero-order valence-corrected chi connectivity index (χ0v) is 8.39. The molecule has 0 bridgehead atoms. The van der Waals surface area contributed by atoms with Crippen molar-refractivity contribution in [2.24, 2.45) is 0 Å². The number of nitrogens with one attached hydrogen (secondary N) is 2. The van der Waals surface area contributed by atoms with E-state index in [9.17, 15) is 4.79 Å². The molecule has 13 heavy (non-hydrogen) atoms. The van der Waals surface area contributed by atoms with Crippen molar-refractivity contribution in [3.8, 4) is 12.3 Å². The van der Waals surface area contributed by atoms with Crippen LogP contribution in [0.4, 0.5) is 0 Å². The molecule has 0 aromatic carbocycles. The van der Waals surface area contributed by atoms with E-state index in [1.54, 1.807) is 7.05 Å². The van der Waals surface area contributed by atoms with Gasteiger partial charge in [0.05, 0.1) is 6.04 Å². The van der Waals surface area contributed by atoms with E-state index in [-0.39, 0.29) is 11.9 Å². The molecule has 0 heterocycles. The van der Waals surface area contributed by atoms with Gasteiger partial charge < -0.3 is 10.6 Å². The maximum absolute atomic E-state index is 11.0. The highest BCUT2D eigenvalue weighted by Gasteiger charge is 2.07. The summed E-state index contributed by atoms with van der Waals surface area (Å²) >= 11 is 0. The summed E-state index contributed by atoms with van der Waals surface area (Å²) in [6.07, 6.45) is 7.96. The van der Waals surface area contributed by atoms with E-state index < -0.39 is 0 Å². The molecule has 0 rings (SSSR count). The summed E-state index contributed by atoms with van der Waals surface area (Å²) < 4.78 is 0. The Kier molecular flexibility index (Phi) is 7.04. The van der Waals surface area contributed by atoms with Crippen LogP contribution in [0.1, 0.15) is 26.2 Å². The number of carbonyl (C=O) groups excluding carboxylic acids is 1. The summed E-state index contributed by atoms with van der Waals surface area (Å²) in [5, 5.41) is 5.69. The van der Waals surface area contributed by atoms with E-state index in [1.165, 1.54) is 0 Å². The number of hydrogen-bond acceptors (Lipinski definition) is 2. The number of unbranched alkanes of at least 4 members (excludes halogenated alkanes) is 2. The van der Waals surface area contributed by atoms with Gasteiger partial charge in [0.2, 0.25) is 5.91 Å². The molecule has 0 spiro atoms. The van der Waals surface area contributed by atoms with Gasteiger partial charge >= 0.3 is 0 Å². The van der Waals surface area contributed by atoms with E-state index in [4.69, 9.17) is 6.42 Å². The molecule has 1 unspecified atom stereocenters. The minimum absolute atomic E-state index is 0.0250. The first kappa shape index (κ1) is 12.0. The van der Waals surface area contributed by atoms with Crippen molar-refractivity contribution in [2.75, 3.05) is 13.6 Å². The number of hydrogen-bond donors (Lipinski definition) is 2. The number of carbonyl (C=O) groups is 1. The van der Waals surface area contributed by atoms with Gasteiger partial charge in [0.15, 0.2) is 0 Å². The zero-order chi connectivity index (χ0) is 10.1. The van der Waals surface area contributed by atoms with Gasteiger partial charge in [0, 0.05) is 13.5 Å². The molecule has 2 N–H and O–H groups in total. The van der Waals surface area contributed by atoms with E-state index in [2.05, 4.69) is 16.6 Å². The van der Waals surface area contributed by atoms with Crippen molar-refractivity contribution in [1.29, 1.82) is 0 Å². The highest BCUT2D eigenvalue weighted by atomic mass is 16.2. The maximum Gasteiger partial charge on any atom is 0.236 e. The Hall–Kier alpha value is -1.01.